The Morgan fingerprint density at radius 1 is 0.969 bits per heavy atom. The van der Waals surface area contributed by atoms with E-state index in [2.05, 4.69) is 10.0 Å². The van der Waals surface area contributed by atoms with Gasteiger partial charge in [-0.15, -0.1) is 0 Å². The molecule has 0 spiro atoms. The molecule has 0 saturated carbocycles. The molecule has 32 heavy (non-hydrogen) atoms. The van der Waals surface area contributed by atoms with Crippen LogP contribution in [0.25, 0.3) is 0 Å². The summed E-state index contributed by atoms with van der Waals surface area (Å²) in [5, 5.41) is 11.7. The average Bonchev–Trinajstić information content (AvgIpc) is 2.80. The van der Waals surface area contributed by atoms with E-state index < -0.39 is 21.7 Å². The molecular formula is C23H20FN3O4S. The molecule has 0 aliphatic rings. The molecule has 0 aromatic heterocycles. The highest BCUT2D eigenvalue weighted by atomic mass is 32.2. The van der Waals surface area contributed by atoms with E-state index >= 15 is 0 Å². The molecule has 0 unspecified atom stereocenters. The second-order valence-corrected chi connectivity index (χ2v) is 8.54. The summed E-state index contributed by atoms with van der Waals surface area (Å²) in [4.78, 5) is 12.1. The molecular weight excluding hydrogens is 433 g/mol. The van der Waals surface area contributed by atoms with Gasteiger partial charge in [-0.2, -0.15) is 5.26 Å². The smallest absolute Gasteiger partial charge is 0.258 e. The quantitative estimate of drug-likeness (QED) is 0.518. The second kappa shape index (κ2) is 10.5. The van der Waals surface area contributed by atoms with Gasteiger partial charge in [-0.1, -0.05) is 36.4 Å². The summed E-state index contributed by atoms with van der Waals surface area (Å²) >= 11 is 0. The maximum atomic E-state index is 13.3. The molecule has 0 heterocycles. The van der Waals surface area contributed by atoms with E-state index in [9.17, 15) is 17.6 Å². The number of sulfonamides is 1. The molecule has 0 atom stereocenters. The number of nitrogens with one attached hydrogen (secondary N) is 2. The van der Waals surface area contributed by atoms with Crippen molar-refractivity contribution < 1.29 is 22.3 Å². The van der Waals surface area contributed by atoms with Gasteiger partial charge < -0.3 is 10.1 Å². The van der Waals surface area contributed by atoms with Gasteiger partial charge in [0.25, 0.3) is 5.91 Å². The fraction of sp³-hybridized carbons (Fsp3) is 0.130. The van der Waals surface area contributed by atoms with Gasteiger partial charge in [0.15, 0.2) is 6.61 Å². The first-order chi connectivity index (χ1) is 15.4. The number of benzene rings is 3. The third kappa shape index (κ3) is 6.38. The van der Waals surface area contributed by atoms with E-state index in [-0.39, 0.29) is 24.6 Å². The zero-order chi connectivity index (χ0) is 23.0. The Labute approximate surface area is 185 Å². The first kappa shape index (κ1) is 22.9. The van der Waals surface area contributed by atoms with Gasteiger partial charge in [-0.05, 0) is 47.5 Å². The molecule has 3 aromatic carbocycles. The summed E-state index contributed by atoms with van der Waals surface area (Å²) in [6.45, 7) is -0.246. The lowest BCUT2D eigenvalue weighted by atomic mass is 10.2. The number of nitrogens with zero attached hydrogens (tertiary/aromatic N) is 1. The van der Waals surface area contributed by atoms with Crippen LogP contribution in [0.1, 0.15) is 16.7 Å². The summed E-state index contributed by atoms with van der Waals surface area (Å²) in [5.41, 5.74) is 1.39. The highest BCUT2D eigenvalue weighted by molar-refractivity contribution is 7.89. The van der Waals surface area contributed by atoms with Gasteiger partial charge in [-0.25, -0.2) is 17.5 Å². The number of hydrogen-bond acceptors (Lipinski definition) is 5. The lowest BCUT2D eigenvalue weighted by Crippen LogP contribution is -2.28. The van der Waals surface area contributed by atoms with E-state index in [0.29, 0.717) is 22.4 Å². The van der Waals surface area contributed by atoms with E-state index in [1.165, 1.54) is 30.3 Å². The lowest BCUT2D eigenvalue weighted by Gasteiger charge is -2.10. The SMILES string of the molecule is N#Cc1ccccc1OCC(=O)NCc1cccc(S(=O)(=O)NCc2cccc(F)c2)c1. The van der Waals surface area contributed by atoms with E-state index in [4.69, 9.17) is 10.00 Å². The Bertz CT molecular complexity index is 1260. The van der Waals surface area contributed by atoms with Crippen LogP contribution in [0.3, 0.4) is 0 Å². The van der Waals surface area contributed by atoms with Gasteiger partial charge in [0.05, 0.1) is 10.5 Å². The van der Waals surface area contributed by atoms with Gasteiger partial charge in [0.2, 0.25) is 10.0 Å². The molecule has 3 aromatic rings. The number of ether oxygens (including phenoxy) is 1. The number of hydrogen-bond donors (Lipinski definition) is 2. The van der Waals surface area contributed by atoms with Crippen molar-refractivity contribution in [2.75, 3.05) is 6.61 Å². The Hall–Kier alpha value is -3.74. The minimum absolute atomic E-state index is 0.0276. The third-order valence-corrected chi connectivity index (χ3v) is 5.82. The number of amides is 1. The summed E-state index contributed by atoms with van der Waals surface area (Å²) < 4.78 is 46.2. The Kier molecular flexibility index (Phi) is 7.54. The van der Waals surface area contributed by atoms with Crippen LogP contribution in [0.4, 0.5) is 4.39 Å². The van der Waals surface area contributed by atoms with Crippen molar-refractivity contribution >= 4 is 15.9 Å². The van der Waals surface area contributed by atoms with Crippen LogP contribution in [-0.4, -0.2) is 20.9 Å². The molecule has 0 aliphatic carbocycles. The third-order valence-electron chi connectivity index (χ3n) is 4.42. The van der Waals surface area contributed by atoms with E-state index in [1.54, 1.807) is 42.5 Å². The maximum Gasteiger partial charge on any atom is 0.258 e. The first-order valence-corrected chi connectivity index (χ1v) is 11.1. The van der Waals surface area contributed by atoms with Crippen molar-refractivity contribution in [3.05, 3.63) is 95.3 Å². The van der Waals surface area contributed by atoms with Crippen LogP contribution in [0.2, 0.25) is 0 Å². The molecule has 164 valence electrons. The van der Waals surface area contributed by atoms with E-state index in [1.807, 2.05) is 6.07 Å². The molecule has 1 amide bonds. The van der Waals surface area contributed by atoms with Crippen LogP contribution in [-0.2, 0) is 27.9 Å². The minimum Gasteiger partial charge on any atom is -0.482 e. The first-order valence-electron chi connectivity index (χ1n) is 9.59. The Morgan fingerprint density at radius 3 is 2.44 bits per heavy atom. The molecule has 0 aliphatic heterocycles. The van der Waals surface area contributed by atoms with Crippen molar-refractivity contribution in [2.45, 2.75) is 18.0 Å². The number of rotatable bonds is 9. The fourth-order valence-corrected chi connectivity index (χ4v) is 3.90. The molecule has 7 nitrogen and oxygen atoms in total. The van der Waals surface area contributed by atoms with Crippen LogP contribution < -0.4 is 14.8 Å². The van der Waals surface area contributed by atoms with Crippen molar-refractivity contribution in [3.63, 3.8) is 0 Å². The van der Waals surface area contributed by atoms with Gasteiger partial charge >= 0.3 is 0 Å². The molecule has 0 bridgehead atoms. The molecule has 0 radical (unpaired) electrons. The van der Waals surface area contributed by atoms with Crippen molar-refractivity contribution in [1.29, 1.82) is 5.26 Å². The van der Waals surface area contributed by atoms with Gasteiger partial charge in [-0.3, -0.25) is 4.79 Å². The van der Waals surface area contributed by atoms with Gasteiger partial charge in [0, 0.05) is 13.1 Å². The fourth-order valence-electron chi connectivity index (χ4n) is 2.81. The summed E-state index contributed by atoms with van der Waals surface area (Å²) in [7, 11) is -3.83. The summed E-state index contributed by atoms with van der Waals surface area (Å²) in [6, 6.07) is 20.3. The van der Waals surface area contributed by atoms with Crippen LogP contribution in [0.5, 0.6) is 5.75 Å². The van der Waals surface area contributed by atoms with Crippen molar-refractivity contribution in [1.82, 2.24) is 10.0 Å². The predicted molar refractivity (Wildman–Crippen MR) is 115 cm³/mol. The average molecular weight is 453 g/mol. The zero-order valence-corrected chi connectivity index (χ0v) is 17.7. The standard InChI is InChI=1S/C23H20FN3O4S/c24-20-8-3-5-17(11-20)15-27-32(29,30)21-9-4-6-18(12-21)14-26-23(28)16-31-22-10-2-1-7-19(22)13-25/h1-12,27H,14-16H2,(H,26,28). The minimum atomic E-state index is -3.83. The number of carbonyl (C=O) groups excluding carboxylic acids is 1. The Morgan fingerprint density at radius 2 is 1.69 bits per heavy atom. The monoisotopic (exact) mass is 453 g/mol. The van der Waals surface area contributed by atoms with Crippen LogP contribution >= 0.6 is 0 Å². The molecule has 0 saturated heterocycles. The summed E-state index contributed by atoms with van der Waals surface area (Å²) in [5.74, 6) is -0.558. The van der Waals surface area contributed by atoms with Crippen LogP contribution in [0, 0.1) is 17.1 Å². The second-order valence-electron chi connectivity index (χ2n) is 6.78. The van der Waals surface area contributed by atoms with E-state index in [0.717, 1.165) is 0 Å². The molecule has 0 fully saturated rings. The number of carbonyl (C=O) groups is 1. The highest BCUT2D eigenvalue weighted by Crippen LogP contribution is 2.16. The number of halogens is 1. The molecule has 2 N–H and O–H groups in total. The summed E-state index contributed by atoms with van der Waals surface area (Å²) in [6.07, 6.45) is 0. The molecule has 3 rings (SSSR count). The van der Waals surface area contributed by atoms with Crippen molar-refractivity contribution in [2.24, 2.45) is 0 Å². The number of para-hydroxylation sites is 1. The maximum absolute atomic E-state index is 13.3. The molecule has 9 heteroatoms. The van der Waals surface area contributed by atoms with Gasteiger partial charge in [0.1, 0.15) is 17.6 Å². The Balaban J connectivity index is 1.56. The lowest BCUT2D eigenvalue weighted by molar-refractivity contribution is -0.123. The van der Waals surface area contributed by atoms with Crippen LogP contribution in [0.15, 0.2) is 77.7 Å². The topological polar surface area (TPSA) is 108 Å². The number of nitriles is 1. The van der Waals surface area contributed by atoms with Crippen molar-refractivity contribution in [3.8, 4) is 11.8 Å². The zero-order valence-electron chi connectivity index (χ0n) is 16.9. The highest BCUT2D eigenvalue weighted by Gasteiger charge is 2.15. The largest absolute Gasteiger partial charge is 0.482 e. The normalized spacial score (nSPS) is 10.9. The predicted octanol–water partition coefficient (Wildman–Crippen LogP) is 2.87.